The Kier molecular flexibility index (Phi) is 5.26. The van der Waals surface area contributed by atoms with Crippen molar-refractivity contribution in [3.63, 3.8) is 0 Å². The zero-order valence-corrected chi connectivity index (χ0v) is 15.8. The van der Waals surface area contributed by atoms with Crippen LogP contribution >= 0.6 is 0 Å². The van der Waals surface area contributed by atoms with Gasteiger partial charge in [0.1, 0.15) is 11.4 Å². The highest BCUT2D eigenvalue weighted by molar-refractivity contribution is 5.95. The zero-order chi connectivity index (χ0) is 20.4. The van der Waals surface area contributed by atoms with E-state index in [0.717, 1.165) is 11.3 Å². The fourth-order valence-corrected chi connectivity index (χ4v) is 3.07. The Morgan fingerprint density at radius 2 is 1.75 bits per heavy atom. The van der Waals surface area contributed by atoms with Gasteiger partial charge < -0.3 is 10.3 Å². The summed E-state index contributed by atoms with van der Waals surface area (Å²) in [6.07, 6.45) is 1.54. The molecule has 3 rings (SSSR count). The average Bonchev–Trinajstić information content (AvgIpc) is 2.62. The van der Waals surface area contributed by atoms with Crippen molar-refractivity contribution < 1.29 is 9.18 Å². The van der Waals surface area contributed by atoms with Crippen LogP contribution < -0.4 is 16.4 Å². The molecule has 6 nitrogen and oxygen atoms in total. The van der Waals surface area contributed by atoms with E-state index in [4.69, 9.17) is 0 Å². The largest absolute Gasteiger partial charge is 0.348 e. The van der Waals surface area contributed by atoms with Crippen molar-refractivity contribution in [2.75, 3.05) is 0 Å². The van der Waals surface area contributed by atoms with Gasteiger partial charge in [0.25, 0.3) is 17.0 Å². The van der Waals surface area contributed by atoms with Crippen molar-refractivity contribution in [2.45, 2.75) is 27.3 Å². The Hall–Kier alpha value is -3.48. The highest BCUT2D eigenvalue weighted by atomic mass is 19.1. The van der Waals surface area contributed by atoms with Crippen molar-refractivity contribution in [3.8, 4) is 5.69 Å². The highest BCUT2D eigenvalue weighted by Crippen LogP contribution is 2.10. The van der Waals surface area contributed by atoms with Crippen LogP contribution in [0.25, 0.3) is 5.69 Å². The van der Waals surface area contributed by atoms with E-state index in [9.17, 15) is 18.8 Å². The van der Waals surface area contributed by atoms with Crippen LogP contribution in [0.4, 0.5) is 4.39 Å². The van der Waals surface area contributed by atoms with Gasteiger partial charge in [-0.3, -0.25) is 19.0 Å². The molecule has 0 aliphatic rings. The van der Waals surface area contributed by atoms with Gasteiger partial charge in [-0.25, -0.2) is 4.39 Å². The van der Waals surface area contributed by atoms with Gasteiger partial charge >= 0.3 is 0 Å². The van der Waals surface area contributed by atoms with E-state index >= 15 is 0 Å². The summed E-state index contributed by atoms with van der Waals surface area (Å²) >= 11 is 0. The number of aryl methyl sites for hydroxylation is 3. The lowest BCUT2D eigenvalue weighted by Crippen LogP contribution is -2.34. The summed E-state index contributed by atoms with van der Waals surface area (Å²) in [6, 6.07) is 8.87. The zero-order valence-electron chi connectivity index (χ0n) is 15.8. The van der Waals surface area contributed by atoms with Crippen LogP contribution in [0.1, 0.15) is 32.7 Å². The van der Waals surface area contributed by atoms with E-state index in [1.165, 1.54) is 35.0 Å². The second-order valence-electron chi connectivity index (χ2n) is 6.65. The number of benzene rings is 1. The molecule has 28 heavy (non-hydrogen) atoms. The summed E-state index contributed by atoms with van der Waals surface area (Å²) in [4.78, 5) is 40.3. The smallest absolute Gasteiger partial charge is 0.268 e. The summed E-state index contributed by atoms with van der Waals surface area (Å²) in [5, 5.41) is 2.65. The van der Waals surface area contributed by atoms with Crippen molar-refractivity contribution in [2.24, 2.45) is 0 Å². The van der Waals surface area contributed by atoms with Gasteiger partial charge in [0, 0.05) is 29.7 Å². The molecule has 3 aromatic rings. The lowest BCUT2D eigenvalue weighted by Gasteiger charge is -2.12. The number of hydrogen-bond donors (Lipinski definition) is 2. The molecule has 0 saturated carbocycles. The summed E-state index contributed by atoms with van der Waals surface area (Å²) in [5.41, 5.74) is 2.08. The molecule has 0 radical (unpaired) electrons. The first-order valence-corrected chi connectivity index (χ1v) is 8.73. The van der Waals surface area contributed by atoms with Crippen molar-refractivity contribution in [1.29, 1.82) is 0 Å². The summed E-state index contributed by atoms with van der Waals surface area (Å²) in [7, 11) is 0. The fraction of sp³-hybridized carbons (Fsp3) is 0.190. The van der Waals surface area contributed by atoms with Crippen molar-refractivity contribution >= 4 is 5.91 Å². The molecule has 2 N–H and O–H groups in total. The molecular weight excluding hydrogens is 361 g/mol. The molecule has 0 aliphatic heterocycles. The fourth-order valence-electron chi connectivity index (χ4n) is 3.07. The number of nitrogens with zero attached hydrogens (tertiary/aromatic N) is 1. The third kappa shape index (κ3) is 3.78. The van der Waals surface area contributed by atoms with Gasteiger partial charge in [-0.05, 0) is 68.3 Å². The summed E-state index contributed by atoms with van der Waals surface area (Å²) in [6.45, 7) is 5.24. The molecule has 0 fully saturated rings. The van der Waals surface area contributed by atoms with Crippen LogP contribution in [0.5, 0.6) is 0 Å². The normalized spacial score (nSPS) is 10.7. The lowest BCUT2D eigenvalue weighted by molar-refractivity contribution is 0.0948. The molecule has 0 unspecified atom stereocenters. The quantitative estimate of drug-likeness (QED) is 0.728. The Morgan fingerprint density at radius 3 is 2.39 bits per heavy atom. The maximum Gasteiger partial charge on any atom is 0.268 e. The summed E-state index contributed by atoms with van der Waals surface area (Å²) in [5.74, 6) is -0.987. The standard InChI is InChI=1S/C21H20FN3O3/c1-12-8-9-25(16-6-4-15(22)5-7-16)21(28)18(12)20(27)23-11-17-13(2)10-14(3)24-19(17)26/h4-10H,11H2,1-3H3,(H,23,27)(H,24,26). The van der Waals surface area contributed by atoms with Gasteiger partial charge in [0.2, 0.25) is 0 Å². The number of hydrogen-bond acceptors (Lipinski definition) is 3. The van der Waals surface area contributed by atoms with E-state index in [1.807, 2.05) is 6.07 Å². The molecule has 7 heteroatoms. The molecule has 1 amide bonds. The molecule has 144 valence electrons. The van der Waals surface area contributed by atoms with Gasteiger partial charge in [-0.15, -0.1) is 0 Å². The van der Waals surface area contributed by atoms with E-state index in [-0.39, 0.29) is 17.7 Å². The number of aromatic amines is 1. The molecule has 0 aliphatic carbocycles. The number of carbonyl (C=O) groups is 1. The maximum absolute atomic E-state index is 13.1. The van der Waals surface area contributed by atoms with Crippen LogP contribution in [0.15, 0.2) is 52.2 Å². The van der Waals surface area contributed by atoms with Gasteiger partial charge in [-0.1, -0.05) is 0 Å². The number of rotatable bonds is 4. The second-order valence-corrected chi connectivity index (χ2v) is 6.65. The van der Waals surface area contributed by atoms with Gasteiger partial charge in [0.05, 0.1) is 0 Å². The number of aromatic nitrogens is 2. The Bertz CT molecular complexity index is 1160. The van der Waals surface area contributed by atoms with E-state index < -0.39 is 17.3 Å². The van der Waals surface area contributed by atoms with Crippen molar-refractivity contribution in [3.05, 3.63) is 97.1 Å². The number of nitrogens with one attached hydrogen (secondary N) is 2. The minimum atomic E-state index is -0.571. The van der Waals surface area contributed by atoms with E-state index in [1.54, 1.807) is 26.8 Å². The van der Waals surface area contributed by atoms with Crippen LogP contribution in [-0.2, 0) is 6.54 Å². The predicted molar refractivity (Wildman–Crippen MR) is 104 cm³/mol. The molecule has 2 heterocycles. The van der Waals surface area contributed by atoms with Crippen LogP contribution in [0.3, 0.4) is 0 Å². The SMILES string of the molecule is Cc1cc(C)c(CNC(=O)c2c(C)ccn(-c3ccc(F)cc3)c2=O)c(=O)[nH]1. The maximum atomic E-state index is 13.1. The van der Waals surface area contributed by atoms with Gasteiger partial charge in [-0.2, -0.15) is 0 Å². The Morgan fingerprint density at radius 1 is 1.07 bits per heavy atom. The second kappa shape index (κ2) is 7.64. The molecular formula is C21H20FN3O3. The monoisotopic (exact) mass is 381 g/mol. The molecule has 2 aromatic heterocycles. The number of H-pyrrole nitrogens is 1. The molecule has 0 atom stereocenters. The average molecular weight is 381 g/mol. The number of carbonyl (C=O) groups excluding carboxylic acids is 1. The van der Waals surface area contributed by atoms with Crippen LogP contribution in [0, 0.1) is 26.6 Å². The predicted octanol–water partition coefficient (Wildman–Crippen LogP) is 2.52. The van der Waals surface area contributed by atoms with E-state index in [0.29, 0.717) is 16.8 Å². The third-order valence-electron chi connectivity index (χ3n) is 4.55. The third-order valence-corrected chi connectivity index (χ3v) is 4.55. The first-order chi connectivity index (χ1) is 13.3. The van der Waals surface area contributed by atoms with Crippen molar-refractivity contribution in [1.82, 2.24) is 14.9 Å². The molecule has 0 saturated heterocycles. The first-order valence-electron chi connectivity index (χ1n) is 8.73. The topological polar surface area (TPSA) is 84.0 Å². The summed E-state index contributed by atoms with van der Waals surface area (Å²) < 4.78 is 14.4. The number of pyridine rings is 2. The first kappa shape index (κ1) is 19.3. The number of halogens is 1. The van der Waals surface area contributed by atoms with Crippen LogP contribution in [-0.4, -0.2) is 15.5 Å². The lowest BCUT2D eigenvalue weighted by atomic mass is 10.1. The van der Waals surface area contributed by atoms with E-state index in [2.05, 4.69) is 10.3 Å². The Labute approximate surface area is 160 Å². The van der Waals surface area contributed by atoms with Gasteiger partial charge in [0.15, 0.2) is 0 Å². The minimum Gasteiger partial charge on any atom is -0.348 e. The highest BCUT2D eigenvalue weighted by Gasteiger charge is 2.17. The minimum absolute atomic E-state index is 0.00457. The molecule has 1 aromatic carbocycles. The van der Waals surface area contributed by atoms with Crippen LogP contribution in [0.2, 0.25) is 0 Å². The molecule has 0 spiro atoms. The Balaban J connectivity index is 1.92. The number of amides is 1. The molecule has 0 bridgehead atoms.